The summed E-state index contributed by atoms with van der Waals surface area (Å²) in [7, 11) is 0. The molecule has 2 aromatic rings. The Morgan fingerprint density at radius 2 is 2.15 bits per heavy atom. The number of carboxylic acids is 1. The summed E-state index contributed by atoms with van der Waals surface area (Å²) in [5.41, 5.74) is 5.45. The maximum absolute atomic E-state index is 11.5. The van der Waals surface area contributed by atoms with Gasteiger partial charge in [-0.2, -0.15) is 0 Å². The lowest BCUT2D eigenvalue weighted by atomic mass is 9.84. The lowest BCUT2D eigenvalue weighted by Gasteiger charge is -2.24. The molecule has 3 heteroatoms. The Kier molecular flexibility index (Phi) is 5.02. The molecule has 0 aliphatic heterocycles. The standard InChI is InChI=1S/C24H27NO2/c1-2-7-17-12-13-22-20(14-17)16-23(18-8-4-3-5-9-18)25(22)21-11-6-10-19(15-21)24(26)27/h3-6,8,10-11,15-18H,2,7,9,12-14H2,1H3,(H,26,27). The zero-order valence-electron chi connectivity index (χ0n) is 15.9. The Hall–Kier alpha value is -2.55. The van der Waals surface area contributed by atoms with E-state index in [9.17, 15) is 9.90 Å². The number of hydrogen-bond acceptors (Lipinski definition) is 1. The van der Waals surface area contributed by atoms with E-state index in [0.29, 0.717) is 11.5 Å². The Labute approximate surface area is 161 Å². The number of carboxylic acid groups (broad SMARTS) is 1. The first-order chi connectivity index (χ1) is 13.2. The van der Waals surface area contributed by atoms with Crippen molar-refractivity contribution in [3.05, 3.63) is 77.2 Å². The Morgan fingerprint density at radius 3 is 2.89 bits per heavy atom. The number of carbonyl (C=O) groups is 1. The summed E-state index contributed by atoms with van der Waals surface area (Å²) in [6, 6.07) is 9.76. The molecule has 2 unspecified atom stereocenters. The Bertz CT molecular complexity index is 903. The van der Waals surface area contributed by atoms with Crippen LogP contribution in [0.3, 0.4) is 0 Å². The number of rotatable bonds is 5. The Morgan fingerprint density at radius 1 is 1.26 bits per heavy atom. The molecule has 2 aliphatic carbocycles. The van der Waals surface area contributed by atoms with Crippen molar-refractivity contribution in [3.63, 3.8) is 0 Å². The highest BCUT2D eigenvalue weighted by atomic mass is 16.4. The molecule has 0 bridgehead atoms. The van der Waals surface area contributed by atoms with Crippen molar-refractivity contribution in [2.45, 2.75) is 51.4 Å². The number of aromatic nitrogens is 1. The van der Waals surface area contributed by atoms with Gasteiger partial charge < -0.3 is 9.67 Å². The van der Waals surface area contributed by atoms with Gasteiger partial charge in [0.1, 0.15) is 0 Å². The van der Waals surface area contributed by atoms with Crippen LogP contribution < -0.4 is 0 Å². The van der Waals surface area contributed by atoms with Gasteiger partial charge in [0.05, 0.1) is 5.56 Å². The summed E-state index contributed by atoms with van der Waals surface area (Å²) < 4.78 is 2.35. The minimum absolute atomic E-state index is 0.346. The van der Waals surface area contributed by atoms with Gasteiger partial charge in [-0.1, -0.05) is 50.1 Å². The normalized spacial score (nSPS) is 21.2. The number of aromatic carboxylic acids is 1. The van der Waals surface area contributed by atoms with Crippen molar-refractivity contribution in [1.82, 2.24) is 4.57 Å². The van der Waals surface area contributed by atoms with E-state index >= 15 is 0 Å². The molecule has 2 aliphatic rings. The van der Waals surface area contributed by atoms with Crippen LogP contribution >= 0.6 is 0 Å². The fourth-order valence-electron chi connectivity index (χ4n) is 4.64. The second-order valence-electron chi connectivity index (χ2n) is 7.78. The van der Waals surface area contributed by atoms with Gasteiger partial charge in [-0.25, -0.2) is 4.79 Å². The largest absolute Gasteiger partial charge is 0.478 e. The molecule has 3 nitrogen and oxygen atoms in total. The van der Waals surface area contributed by atoms with E-state index in [2.05, 4.69) is 41.9 Å². The smallest absolute Gasteiger partial charge is 0.335 e. The van der Waals surface area contributed by atoms with Crippen molar-refractivity contribution in [3.8, 4) is 5.69 Å². The minimum Gasteiger partial charge on any atom is -0.478 e. The number of nitrogens with zero attached hydrogens (tertiary/aromatic N) is 1. The zero-order chi connectivity index (χ0) is 18.8. The summed E-state index contributed by atoms with van der Waals surface area (Å²) in [5.74, 6) is 0.250. The summed E-state index contributed by atoms with van der Waals surface area (Å²) >= 11 is 0. The van der Waals surface area contributed by atoms with E-state index in [1.54, 1.807) is 6.07 Å². The molecular weight excluding hydrogens is 334 g/mol. The highest BCUT2D eigenvalue weighted by Crippen LogP contribution is 2.37. The predicted octanol–water partition coefficient (Wildman–Crippen LogP) is 5.68. The van der Waals surface area contributed by atoms with Gasteiger partial charge in [0.2, 0.25) is 0 Å². The van der Waals surface area contributed by atoms with Crippen molar-refractivity contribution in [2.24, 2.45) is 5.92 Å². The first-order valence-corrected chi connectivity index (χ1v) is 10.1. The fraction of sp³-hybridized carbons (Fsp3) is 0.375. The van der Waals surface area contributed by atoms with Crippen molar-refractivity contribution >= 4 is 5.97 Å². The second kappa shape index (κ2) is 7.59. The van der Waals surface area contributed by atoms with E-state index in [1.807, 2.05) is 18.2 Å². The topological polar surface area (TPSA) is 42.2 Å². The van der Waals surface area contributed by atoms with Gasteiger partial charge in [0.25, 0.3) is 0 Å². The van der Waals surface area contributed by atoms with Crippen LogP contribution in [0.5, 0.6) is 0 Å². The van der Waals surface area contributed by atoms with Crippen LogP contribution in [-0.2, 0) is 12.8 Å². The third kappa shape index (κ3) is 3.51. The van der Waals surface area contributed by atoms with Crippen LogP contribution in [0.1, 0.15) is 65.8 Å². The predicted molar refractivity (Wildman–Crippen MR) is 109 cm³/mol. The average molecular weight is 361 g/mol. The van der Waals surface area contributed by atoms with Gasteiger partial charge in [-0.3, -0.25) is 0 Å². The maximum atomic E-state index is 11.5. The third-order valence-corrected chi connectivity index (χ3v) is 5.93. The molecule has 0 spiro atoms. The van der Waals surface area contributed by atoms with Crippen molar-refractivity contribution < 1.29 is 9.90 Å². The van der Waals surface area contributed by atoms with Crippen LogP contribution in [0.2, 0.25) is 0 Å². The molecule has 0 saturated heterocycles. The molecule has 1 aromatic heterocycles. The number of benzene rings is 1. The minimum atomic E-state index is -0.872. The SMILES string of the molecule is CCCC1CCc2c(cc(C3C=CC=CC3)n2-c2cccc(C(=O)O)c2)C1. The molecule has 2 atom stereocenters. The van der Waals surface area contributed by atoms with Gasteiger partial charge >= 0.3 is 5.97 Å². The monoisotopic (exact) mass is 361 g/mol. The molecule has 0 amide bonds. The van der Waals surface area contributed by atoms with Gasteiger partial charge in [0.15, 0.2) is 0 Å². The molecule has 1 N–H and O–H groups in total. The van der Waals surface area contributed by atoms with Crippen molar-refractivity contribution in [2.75, 3.05) is 0 Å². The third-order valence-electron chi connectivity index (χ3n) is 5.93. The highest BCUT2D eigenvalue weighted by Gasteiger charge is 2.26. The summed E-state index contributed by atoms with van der Waals surface area (Å²) in [6.45, 7) is 2.27. The quantitative estimate of drug-likeness (QED) is 0.744. The lowest BCUT2D eigenvalue weighted by Crippen LogP contribution is -2.16. The number of allylic oxidation sites excluding steroid dienone is 4. The second-order valence-corrected chi connectivity index (χ2v) is 7.78. The molecule has 0 saturated carbocycles. The average Bonchev–Trinajstić information content (AvgIpc) is 3.08. The lowest BCUT2D eigenvalue weighted by molar-refractivity contribution is 0.0697. The van der Waals surface area contributed by atoms with Crippen LogP contribution in [0, 0.1) is 5.92 Å². The van der Waals surface area contributed by atoms with Crippen LogP contribution in [0.25, 0.3) is 5.69 Å². The zero-order valence-corrected chi connectivity index (χ0v) is 15.9. The molecular formula is C24H27NO2. The molecule has 4 rings (SSSR count). The first-order valence-electron chi connectivity index (χ1n) is 10.1. The first kappa shape index (κ1) is 17.8. The van der Waals surface area contributed by atoms with Crippen LogP contribution in [-0.4, -0.2) is 15.6 Å². The molecule has 0 fully saturated rings. The van der Waals surface area contributed by atoms with E-state index in [0.717, 1.165) is 30.9 Å². The highest BCUT2D eigenvalue weighted by molar-refractivity contribution is 5.88. The van der Waals surface area contributed by atoms with Crippen molar-refractivity contribution in [1.29, 1.82) is 0 Å². The molecule has 1 aromatic carbocycles. The molecule has 1 heterocycles. The van der Waals surface area contributed by atoms with Crippen LogP contribution in [0.4, 0.5) is 0 Å². The van der Waals surface area contributed by atoms with Gasteiger partial charge in [-0.15, -0.1) is 0 Å². The van der Waals surface area contributed by atoms with E-state index in [-0.39, 0.29) is 0 Å². The van der Waals surface area contributed by atoms with E-state index < -0.39 is 5.97 Å². The summed E-state index contributed by atoms with van der Waals surface area (Å²) in [4.78, 5) is 11.5. The van der Waals surface area contributed by atoms with Gasteiger partial charge in [0, 0.05) is 23.0 Å². The molecule has 140 valence electrons. The number of fused-ring (bicyclic) bond motifs is 1. The van der Waals surface area contributed by atoms with E-state index in [1.165, 1.54) is 36.2 Å². The van der Waals surface area contributed by atoms with Gasteiger partial charge in [-0.05, 0) is 61.4 Å². The Balaban J connectivity index is 1.81. The molecule has 0 radical (unpaired) electrons. The van der Waals surface area contributed by atoms with E-state index in [4.69, 9.17) is 0 Å². The summed E-state index contributed by atoms with van der Waals surface area (Å²) in [6.07, 6.45) is 15.7. The molecule has 27 heavy (non-hydrogen) atoms. The maximum Gasteiger partial charge on any atom is 0.335 e. The fourth-order valence-corrected chi connectivity index (χ4v) is 4.64. The summed E-state index contributed by atoms with van der Waals surface area (Å²) in [5, 5.41) is 9.43. The number of hydrogen-bond donors (Lipinski definition) is 1. The van der Waals surface area contributed by atoms with Crippen LogP contribution in [0.15, 0.2) is 54.6 Å².